The summed E-state index contributed by atoms with van der Waals surface area (Å²) in [5.41, 5.74) is 4.08. The van der Waals surface area contributed by atoms with Gasteiger partial charge in [0.25, 0.3) is 5.56 Å². The number of para-hydroxylation sites is 2. The first-order valence-corrected chi connectivity index (χ1v) is 13.1. The number of rotatable bonds is 8. The number of methoxy groups -OCH3 is 1. The molecule has 0 amide bonds. The largest absolute Gasteiger partial charge is 0.496 e. The van der Waals surface area contributed by atoms with Crippen LogP contribution in [0.3, 0.4) is 0 Å². The topological polar surface area (TPSA) is 65.7 Å². The van der Waals surface area contributed by atoms with Crippen molar-refractivity contribution < 1.29 is 13.9 Å². The van der Waals surface area contributed by atoms with E-state index in [1.54, 1.807) is 49.7 Å². The summed E-state index contributed by atoms with van der Waals surface area (Å²) in [7, 11) is 1.65. The van der Waals surface area contributed by atoms with Gasteiger partial charge in [-0.25, -0.2) is 9.37 Å². The first-order chi connectivity index (χ1) is 19.4. The fraction of sp³-hybridized carbons (Fsp3) is 0.182. The third kappa shape index (κ3) is 5.36. The number of benzene rings is 4. The highest BCUT2D eigenvalue weighted by Gasteiger charge is 2.18. The monoisotopic (exact) mass is 535 g/mol. The number of fused-ring (bicyclic) bond motifs is 1. The zero-order valence-electron chi connectivity index (χ0n) is 22.9. The quantitative estimate of drug-likeness (QED) is 0.199. The Bertz CT molecular complexity index is 1780. The van der Waals surface area contributed by atoms with Crippen molar-refractivity contribution >= 4 is 17.1 Å². The summed E-state index contributed by atoms with van der Waals surface area (Å²) in [5, 5.41) is 5.09. The molecule has 0 aliphatic carbocycles. The molecule has 40 heavy (non-hydrogen) atoms. The number of ether oxygens (including phenoxy) is 2. The predicted octanol–water partition coefficient (Wildman–Crippen LogP) is 7.10. The summed E-state index contributed by atoms with van der Waals surface area (Å²) in [6.07, 6.45) is 1.57. The average molecular weight is 536 g/mol. The van der Waals surface area contributed by atoms with E-state index in [0.717, 1.165) is 22.4 Å². The van der Waals surface area contributed by atoms with Crippen molar-refractivity contribution in [2.24, 2.45) is 5.10 Å². The van der Waals surface area contributed by atoms with Crippen LogP contribution in [0.25, 0.3) is 22.3 Å². The van der Waals surface area contributed by atoms with Crippen molar-refractivity contribution in [3.8, 4) is 22.9 Å². The van der Waals surface area contributed by atoms with Crippen LogP contribution in [-0.2, 0) is 6.61 Å². The standard InChI is InChI=1S/C33H30FN3O3/c1-21(2)26-18-27(22(3)17-31(26)39-4)32-36-29-15-9-7-13-25(29)33(38)37(32)35-19-23-11-6-10-16-30(23)40-20-24-12-5-8-14-28(24)34/h5-19,21H,20H2,1-4H3. The summed E-state index contributed by atoms with van der Waals surface area (Å²) >= 11 is 0. The van der Waals surface area contributed by atoms with Crippen LogP contribution >= 0.6 is 0 Å². The Labute approximate surface area is 232 Å². The van der Waals surface area contributed by atoms with Gasteiger partial charge in [0.15, 0.2) is 5.82 Å². The highest BCUT2D eigenvalue weighted by Crippen LogP contribution is 2.34. The molecular formula is C33H30FN3O3. The Balaban J connectivity index is 1.62. The SMILES string of the molecule is COc1cc(C)c(-c2nc3ccccc3c(=O)n2N=Cc2ccccc2OCc2ccccc2F)cc1C(C)C. The maximum atomic E-state index is 14.1. The van der Waals surface area contributed by atoms with E-state index in [4.69, 9.17) is 14.5 Å². The van der Waals surface area contributed by atoms with Gasteiger partial charge in [-0.3, -0.25) is 4.79 Å². The molecule has 0 N–H and O–H groups in total. The number of hydrogen-bond acceptors (Lipinski definition) is 5. The molecule has 0 aliphatic rings. The summed E-state index contributed by atoms with van der Waals surface area (Å²) in [4.78, 5) is 18.6. The van der Waals surface area contributed by atoms with Crippen molar-refractivity contribution in [2.45, 2.75) is 33.3 Å². The van der Waals surface area contributed by atoms with Crippen LogP contribution in [0.2, 0.25) is 0 Å². The molecule has 6 nitrogen and oxygen atoms in total. The van der Waals surface area contributed by atoms with Crippen LogP contribution in [0.15, 0.2) is 94.8 Å². The van der Waals surface area contributed by atoms with Gasteiger partial charge in [0.05, 0.1) is 24.2 Å². The molecule has 4 aromatic carbocycles. The van der Waals surface area contributed by atoms with E-state index in [2.05, 4.69) is 18.9 Å². The Hall–Kier alpha value is -4.78. The van der Waals surface area contributed by atoms with Gasteiger partial charge in [0.1, 0.15) is 23.9 Å². The molecule has 0 aliphatic heterocycles. The number of nitrogens with zero attached hydrogens (tertiary/aromatic N) is 3. The Morgan fingerprint density at radius 3 is 2.48 bits per heavy atom. The van der Waals surface area contributed by atoms with Crippen molar-refractivity contribution in [2.75, 3.05) is 7.11 Å². The maximum Gasteiger partial charge on any atom is 0.282 e. The van der Waals surface area contributed by atoms with Crippen LogP contribution in [0.1, 0.15) is 42.0 Å². The van der Waals surface area contributed by atoms with Crippen molar-refractivity contribution in [3.05, 3.63) is 123 Å². The second-order valence-electron chi connectivity index (χ2n) is 9.80. The van der Waals surface area contributed by atoms with Crippen LogP contribution < -0.4 is 15.0 Å². The van der Waals surface area contributed by atoms with E-state index >= 15 is 0 Å². The zero-order chi connectivity index (χ0) is 28.2. The van der Waals surface area contributed by atoms with Crippen molar-refractivity contribution in [3.63, 3.8) is 0 Å². The molecule has 0 bridgehead atoms. The molecule has 5 rings (SSSR count). The third-order valence-electron chi connectivity index (χ3n) is 6.77. The summed E-state index contributed by atoms with van der Waals surface area (Å²) in [5.74, 6) is 1.59. The highest BCUT2D eigenvalue weighted by atomic mass is 19.1. The number of aromatic nitrogens is 2. The Morgan fingerprint density at radius 2 is 1.70 bits per heavy atom. The molecule has 0 saturated carbocycles. The Morgan fingerprint density at radius 1 is 0.975 bits per heavy atom. The smallest absolute Gasteiger partial charge is 0.282 e. The van der Waals surface area contributed by atoms with Gasteiger partial charge in [-0.2, -0.15) is 9.78 Å². The highest BCUT2D eigenvalue weighted by molar-refractivity contribution is 5.84. The molecule has 0 fully saturated rings. The lowest BCUT2D eigenvalue weighted by atomic mass is 9.96. The van der Waals surface area contributed by atoms with Crippen LogP contribution in [0.5, 0.6) is 11.5 Å². The van der Waals surface area contributed by atoms with Gasteiger partial charge in [0.2, 0.25) is 0 Å². The van der Waals surface area contributed by atoms with E-state index < -0.39 is 0 Å². The third-order valence-corrected chi connectivity index (χ3v) is 6.77. The second kappa shape index (κ2) is 11.5. The molecule has 0 saturated heterocycles. The minimum atomic E-state index is -0.331. The maximum absolute atomic E-state index is 14.1. The lowest BCUT2D eigenvalue weighted by Gasteiger charge is -2.17. The van der Waals surface area contributed by atoms with E-state index in [1.165, 1.54) is 10.7 Å². The average Bonchev–Trinajstić information content (AvgIpc) is 2.96. The molecule has 0 spiro atoms. The lowest BCUT2D eigenvalue weighted by Crippen LogP contribution is -2.21. The summed E-state index contributed by atoms with van der Waals surface area (Å²) in [6.45, 7) is 6.20. The van der Waals surface area contributed by atoms with Gasteiger partial charge in [0, 0.05) is 16.7 Å². The van der Waals surface area contributed by atoms with Gasteiger partial charge < -0.3 is 9.47 Å². The van der Waals surface area contributed by atoms with Gasteiger partial charge in [-0.15, -0.1) is 0 Å². The van der Waals surface area contributed by atoms with Crippen molar-refractivity contribution in [1.29, 1.82) is 0 Å². The fourth-order valence-corrected chi connectivity index (χ4v) is 4.58. The van der Waals surface area contributed by atoms with Crippen molar-refractivity contribution in [1.82, 2.24) is 9.66 Å². The minimum absolute atomic E-state index is 0.0588. The summed E-state index contributed by atoms with van der Waals surface area (Å²) < 4.78 is 27.0. The predicted molar refractivity (Wildman–Crippen MR) is 157 cm³/mol. The number of halogens is 1. The molecular weight excluding hydrogens is 505 g/mol. The van der Waals surface area contributed by atoms with E-state index in [1.807, 2.05) is 49.4 Å². The fourth-order valence-electron chi connectivity index (χ4n) is 4.58. The normalized spacial score (nSPS) is 11.4. The molecule has 1 heterocycles. The van der Waals surface area contributed by atoms with Gasteiger partial charge in [-0.1, -0.05) is 56.3 Å². The minimum Gasteiger partial charge on any atom is -0.496 e. The van der Waals surface area contributed by atoms with E-state index in [0.29, 0.717) is 33.6 Å². The van der Waals surface area contributed by atoms with E-state index in [-0.39, 0.29) is 23.9 Å². The number of hydrogen-bond donors (Lipinski definition) is 0. The molecule has 1 aromatic heterocycles. The first kappa shape index (κ1) is 26.8. The van der Waals surface area contributed by atoms with Crippen LogP contribution in [0.4, 0.5) is 4.39 Å². The van der Waals surface area contributed by atoms with Gasteiger partial charge >= 0.3 is 0 Å². The van der Waals surface area contributed by atoms with Gasteiger partial charge in [-0.05, 0) is 66.4 Å². The lowest BCUT2D eigenvalue weighted by molar-refractivity contribution is 0.299. The summed E-state index contributed by atoms with van der Waals surface area (Å²) in [6, 6.07) is 25.0. The first-order valence-electron chi connectivity index (χ1n) is 13.1. The van der Waals surface area contributed by atoms with E-state index in [9.17, 15) is 9.18 Å². The molecule has 0 unspecified atom stereocenters. The second-order valence-corrected chi connectivity index (χ2v) is 9.80. The Kier molecular flexibility index (Phi) is 7.73. The molecule has 7 heteroatoms. The molecule has 0 radical (unpaired) electrons. The van der Waals surface area contributed by atoms with Crippen LogP contribution in [0, 0.1) is 12.7 Å². The molecule has 0 atom stereocenters. The number of aryl methyl sites for hydroxylation is 1. The molecule has 5 aromatic rings. The zero-order valence-corrected chi connectivity index (χ0v) is 22.9. The molecule has 202 valence electrons. The van der Waals surface area contributed by atoms with Crippen LogP contribution in [-0.4, -0.2) is 23.0 Å².